The Bertz CT molecular complexity index is 467. The Morgan fingerprint density at radius 1 is 1.43 bits per heavy atom. The summed E-state index contributed by atoms with van der Waals surface area (Å²) in [6.07, 6.45) is 1.60. The molecule has 14 heavy (non-hydrogen) atoms. The summed E-state index contributed by atoms with van der Waals surface area (Å²) in [4.78, 5) is 0. The van der Waals surface area contributed by atoms with E-state index in [2.05, 4.69) is 26.1 Å². The monoisotopic (exact) mass is 271 g/mol. The van der Waals surface area contributed by atoms with E-state index in [4.69, 9.17) is 11.6 Å². The largest absolute Gasteiger partial charge is 0.272 e. The molecule has 0 aliphatic carbocycles. The van der Waals surface area contributed by atoms with Gasteiger partial charge in [-0.1, -0.05) is 15.9 Å². The van der Waals surface area contributed by atoms with Crippen LogP contribution in [0.5, 0.6) is 0 Å². The first kappa shape index (κ1) is 9.68. The average molecular weight is 273 g/mol. The summed E-state index contributed by atoms with van der Waals surface area (Å²) >= 11 is 9.27. The number of benzene rings is 1. The van der Waals surface area contributed by atoms with Gasteiger partial charge in [0.1, 0.15) is 6.33 Å². The van der Waals surface area contributed by atoms with Crippen molar-refractivity contribution >= 4 is 27.5 Å². The van der Waals surface area contributed by atoms with Gasteiger partial charge < -0.3 is 0 Å². The molecule has 0 unspecified atom stereocenters. The quantitative estimate of drug-likeness (QED) is 0.799. The minimum atomic E-state index is 0.371. The summed E-state index contributed by atoms with van der Waals surface area (Å²) in [6.45, 7) is 2.01. The van der Waals surface area contributed by atoms with Gasteiger partial charge in [-0.3, -0.25) is 4.57 Å². The van der Waals surface area contributed by atoms with E-state index in [9.17, 15) is 0 Å². The van der Waals surface area contributed by atoms with E-state index in [1.165, 1.54) is 0 Å². The van der Waals surface area contributed by atoms with E-state index in [0.29, 0.717) is 5.28 Å². The third-order valence-electron chi connectivity index (χ3n) is 1.92. The standard InChI is InChI=1S/C9H7BrClN3/c1-6-4-7(10)2-3-8(6)14-5-12-13-9(14)11/h2-5H,1H3. The normalized spacial score (nSPS) is 10.5. The van der Waals surface area contributed by atoms with Gasteiger partial charge >= 0.3 is 0 Å². The van der Waals surface area contributed by atoms with Crippen molar-refractivity contribution in [3.05, 3.63) is 39.8 Å². The van der Waals surface area contributed by atoms with E-state index in [1.807, 2.05) is 25.1 Å². The van der Waals surface area contributed by atoms with Gasteiger partial charge in [0.2, 0.25) is 5.28 Å². The molecule has 0 N–H and O–H groups in total. The second-order valence-electron chi connectivity index (χ2n) is 2.90. The van der Waals surface area contributed by atoms with Crippen LogP contribution in [0.25, 0.3) is 5.69 Å². The molecule has 0 fully saturated rings. The molecule has 0 spiro atoms. The lowest BCUT2D eigenvalue weighted by molar-refractivity contribution is 1.04. The Kier molecular flexibility index (Phi) is 2.56. The lowest BCUT2D eigenvalue weighted by atomic mass is 10.2. The van der Waals surface area contributed by atoms with Crippen molar-refractivity contribution in [3.63, 3.8) is 0 Å². The van der Waals surface area contributed by atoms with Gasteiger partial charge in [0.15, 0.2) is 0 Å². The lowest BCUT2D eigenvalue weighted by Crippen LogP contribution is -1.95. The number of nitrogens with zero attached hydrogens (tertiary/aromatic N) is 3. The van der Waals surface area contributed by atoms with Gasteiger partial charge in [-0.2, -0.15) is 0 Å². The predicted octanol–water partition coefficient (Wildman–Crippen LogP) is 2.99. The third-order valence-corrected chi connectivity index (χ3v) is 2.68. The Morgan fingerprint density at radius 3 is 2.79 bits per heavy atom. The van der Waals surface area contributed by atoms with Crippen molar-refractivity contribution in [2.75, 3.05) is 0 Å². The molecule has 3 nitrogen and oxygen atoms in total. The maximum atomic E-state index is 5.86. The van der Waals surface area contributed by atoms with Crippen molar-refractivity contribution in [1.29, 1.82) is 0 Å². The van der Waals surface area contributed by atoms with Gasteiger partial charge in [-0.25, -0.2) is 0 Å². The van der Waals surface area contributed by atoms with E-state index < -0.39 is 0 Å². The minimum Gasteiger partial charge on any atom is -0.272 e. The number of aromatic nitrogens is 3. The molecule has 2 rings (SSSR count). The summed E-state index contributed by atoms with van der Waals surface area (Å²) < 4.78 is 2.78. The van der Waals surface area contributed by atoms with Gasteiger partial charge in [-0.15, -0.1) is 10.2 Å². The molecule has 1 heterocycles. The summed E-state index contributed by atoms with van der Waals surface area (Å²) in [6, 6.07) is 5.94. The Hall–Kier alpha value is -0.870. The van der Waals surface area contributed by atoms with Gasteiger partial charge in [-0.05, 0) is 42.3 Å². The van der Waals surface area contributed by atoms with E-state index in [-0.39, 0.29) is 0 Å². The summed E-state index contributed by atoms with van der Waals surface area (Å²) in [5.41, 5.74) is 2.10. The molecular weight excluding hydrogens is 265 g/mol. The molecule has 5 heteroatoms. The SMILES string of the molecule is Cc1cc(Br)ccc1-n1cnnc1Cl. The second kappa shape index (κ2) is 3.71. The molecule has 1 aromatic heterocycles. The van der Waals surface area contributed by atoms with Crippen LogP contribution in [0.4, 0.5) is 0 Å². The molecule has 0 radical (unpaired) electrons. The van der Waals surface area contributed by atoms with Crippen LogP contribution in [-0.4, -0.2) is 14.8 Å². The fraction of sp³-hybridized carbons (Fsp3) is 0.111. The summed E-state index contributed by atoms with van der Waals surface area (Å²) in [5, 5.41) is 7.82. The van der Waals surface area contributed by atoms with Crippen LogP contribution in [0, 0.1) is 6.92 Å². The Morgan fingerprint density at radius 2 is 2.21 bits per heavy atom. The fourth-order valence-electron chi connectivity index (χ4n) is 1.27. The zero-order valence-electron chi connectivity index (χ0n) is 7.41. The average Bonchev–Trinajstić information content (AvgIpc) is 2.52. The van der Waals surface area contributed by atoms with Crippen LogP contribution in [0.1, 0.15) is 5.56 Å². The molecule has 72 valence electrons. The predicted molar refractivity (Wildman–Crippen MR) is 58.8 cm³/mol. The van der Waals surface area contributed by atoms with Crippen LogP contribution in [0.3, 0.4) is 0 Å². The maximum Gasteiger partial charge on any atom is 0.229 e. The van der Waals surface area contributed by atoms with Crippen molar-refractivity contribution in [1.82, 2.24) is 14.8 Å². The van der Waals surface area contributed by atoms with Crippen LogP contribution in [-0.2, 0) is 0 Å². The summed E-state index contributed by atoms with van der Waals surface area (Å²) in [7, 11) is 0. The number of aryl methyl sites for hydroxylation is 1. The molecule has 0 amide bonds. The van der Waals surface area contributed by atoms with Crippen molar-refractivity contribution in [3.8, 4) is 5.69 Å². The van der Waals surface area contributed by atoms with E-state index in [0.717, 1.165) is 15.7 Å². The zero-order chi connectivity index (χ0) is 10.1. The molecule has 0 saturated heterocycles. The first-order valence-corrected chi connectivity index (χ1v) is 5.17. The highest BCUT2D eigenvalue weighted by atomic mass is 79.9. The van der Waals surface area contributed by atoms with Crippen LogP contribution in [0.2, 0.25) is 5.28 Å². The Labute approximate surface area is 94.9 Å². The van der Waals surface area contributed by atoms with Crippen LogP contribution in [0.15, 0.2) is 29.0 Å². The first-order chi connectivity index (χ1) is 6.68. The highest BCUT2D eigenvalue weighted by Gasteiger charge is 2.05. The Balaban J connectivity index is 2.58. The minimum absolute atomic E-state index is 0.371. The molecular formula is C9H7BrClN3. The van der Waals surface area contributed by atoms with E-state index >= 15 is 0 Å². The highest BCUT2D eigenvalue weighted by molar-refractivity contribution is 9.10. The highest BCUT2D eigenvalue weighted by Crippen LogP contribution is 2.21. The molecule has 2 aromatic rings. The van der Waals surface area contributed by atoms with Crippen LogP contribution >= 0.6 is 27.5 Å². The number of halogens is 2. The smallest absolute Gasteiger partial charge is 0.229 e. The van der Waals surface area contributed by atoms with Gasteiger partial charge in [0, 0.05) is 4.47 Å². The van der Waals surface area contributed by atoms with Crippen molar-refractivity contribution < 1.29 is 0 Å². The summed E-state index contributed by atoms with van der Waals surface area (Å²) in [5.74, 6) is 0. The zero-order valence-corrected chi connectivity index (χ0v) is 9.75. The second-order valence-corrected chi connectivity index (χ2v) is 4.15. The topological polar surface area (TPSA) is 30.7 Å². The van der Waals surface area contributed by atoms with Crippen molar-refractivity contribution in [2.45, 2.75) is 6.92 Å². The first-order valence-electron chi connectivity index (χ1n) is 4.00. The molecule has 0 atom stereocenters. The van der Waals surface area contributed by atoms with Crippen LogP contribution < -0.4 is 0 Å². The molecule has 0 aliphatic heterocycles. The number of hydrogen-bond donors (Lipinski definition) is 0. The van der Waals surface area contributed by atoms with E-state index in [1.54, 1.807) is 10.9 Å². The lowest BCUT2D eigenvalue weighted by Gasteiger charge is -2.06. The van der Waals surface area contributed by atoms with Gasteiger partial charge in [0.25, 0.3) is 0 Å². The third kappa shape index (κ3) is 1.67. The van der Waals surface area contributed by atoms with Crippen molar-refractivity contribution in [2.24, 2.45) is 0 Å². The maximum absolute atomic E-state index is 5.86. The van der Waals surface area contributed by atoms with Gasteiger partial charge in [0.05, 0.1) is 5.69 Å². The fourth-order valence-corrected chi connectivity index (χ4v) is 1.93. The molecule has 1 aromatic carbocycles. The molecule has 0 bridgehead atoms. The number of hydrogen-bond acceptors (Lipinski definition) is 2. The number of rotatable bonds is 1. The molecule has 0 saturated carbocycles. The molecule has 0 aliphatic rings.